The number of ether oxygens (including phenoxy) is 2. The summed E-state index contributed by atoms with van der Waals surface area (Å²) < 4.78 is 12.9. The monoisotopic (exact) mass is 426 g/mol. The van der Waals surface area contributed by atoms with Crippen molar-refractivity contribution < 1.29 is 14.3 Å². The summed E-state index contributed by atoms with van der Waals surface area (Å²) in [5, 5.41) is 2.11. The predicted molar refractivity (Wildman–Crippen MR) is 122 cm³/mol. The fourth-order valence-corrected chi connectivity index (χ4v) is 4.48. The summed E-state index contributed by atoms with van der Waals surface area (Å²) in [7, 11) is 5.22. The minimum absolute atomic E-state index is 0.147. The Morgan fingerprint density at radius 3 is 2.53 bits per heavy atom. The summed E-state index contributed by atoms with van der Waals surface area (Å²) in [4.78, 5) is 16.4. The minimum Gasteiger partial charge on any atom is -0.493 e. The molecule has 0 aliphatic rings. The molecule has 1 aromatic carbocycles. The van der Waals surface area contributed by atoms with Gasteiger partial charge in [-0.3, -0.25) is 9.69 Å². The van der Waals surface area contributed by atoms with Gasteiger partial charge in [0, 0.05) is 34.9 Å². The molecule has 0 bridgehead atoms. The lowest BCUT2D eigenvalue weighted by atomic mass is 10.1. The van der Waals surface area contributed by atoms with Gasteiger partial charge in [0.1, 0.15) is 0 Å². The number of aryl methyl sites for hydroxylation is 2. The molecule has 3 aromatic rings. The molecule has 0 radical (unpaired) electrons. The molecule has 160 valence electrons. The Kier molecular flexibility index (Phi) is 7.34. The summed E-state index contributed by atoms with van der Waals surface area (Å²) in [5.41, 5.74) is 4.07. The van der Waals surface area contributed by atoms with E-state index in [1.807, 2.05) is 43.1 Å². The second-order valence-electron chi connectivity index (χ2n) is 7.55. The lowest BCUT2D eigenvalue weighted by Gasteiger charge is -2.17. The molecule has 2 heterocycles. The van der Waals surface area contributed by atoms with Gasteiger partial charge in [0.2, 0.25) is 0 Å². The molecular weight excluding hydrogens is 396 g/mol. The molecule has 0 atom stereocenters. The molecule has 0 fully saturated rings. The predicted octanol–water partition coefficient (Wildman–Crippen LogP) is 4.74. The highest BCUT2D eigenvalue weighted by Gasteiger charge is 2.17. The third-order valence-corrected chi connectivity index (χ3v) is 6.29. The van der Waals surface area contributed by atoms with Crippen molar-refractivity contribution in [3.05, 3.63) is 69.2 Å². The number of hydrogen-bond donors (Lipinski definition) is 0. The molecule has 0 saturated carbocycles. The number of rotatable bonds is 10. The molecule has 30 heavy (non-hydrogen) atoms. The van der Waals surface area contributed by atoms with Gasteiger partial charge < -0.3 is 14.0 Å². The Morgan fingerprint density at radius 1 is 1.10 bits per heavy atom. The number of carbonyl (C=O) groups is 1. The van der Waals surface area contributed by atoms with Crippen LogP contribution in [0.25, 0.3) is 0 Å². The van der Waals surface area contributed by atoms with Crippen LogP contribution >= 0.6 is 11.3 Å². The number of benzene rings is 1. The average molecular weight is 427 g/mol. The fourth-order valence-electron chi connectivity index (χ4n) is 3.78. The van der Waals surface area contributed by atoms with E-state index < -0.39 is 0 Å². The molecule has 2 aromatic heterocycles. The zero-order valence-corrected chi connectivity index (χ0v) is 19.2. The molecule has 0 amide bonds. The number of ketones is 1. The van der Waals surface area contributed by atoms with Crippen molar-refractivity contribution in [2.45, 2.75) is 33.4 Å². The quantitative estimate of drug-likeness (QED) is 0.439. The Morgan fingerprint density at radius 2 is 1.87 bits per heavy atom. The van der Waals surface area contributed by atoms with E-state index in [0.717, 1.165) is 35.5 Å². The van der Waals surface area contributed by atoms with Gasteiger partial charge in [0.25, 0.3) is 0 Å². The second-order valence-corrected chi connectivity index (χ2v) is 8.58. The highest BCUT2D eigenvalue weighted by molar-refractivity contribution is 7.09. The maximum absolute atomic E-state index is 13.0. The number of Topliss-reactive ketones (excluding diaryl/α,β-unsaturated/α-hetero) is 1. The van der Waals surface area contributed by atoms with Gasteiger partial charge in [0.05, 0.1) is 20.8 Å². The highest BCUT2D eigenvalue weighted by atomic mass is 32.1. The number of thiophene rings is 1. The van der Waals surface area contributed by atoms with Crippen LogP contribution < -0.4 is 9.47 Å². The van der Waals surface area contributed by atoms with Gasteiger partial charge >= 0.3 is 0 Å². The average Bonchev–Trinajstić information content (AvgIpc) is 3.34. The fraction of sp³-hybridized carbons (Fsp3) is 0.375. The zero-order chi connectivity index (χ0) is 21.7. The van der Waals surface area contributed by atoms with Gasteiger partial charge in [-0.1, -0.05) is 12.1 Å². The van der Waals surface area contributed by atoms with Crippen molar-refractivity contribution >= 4 is 17.1 Å². The highest BCUT2D eigenvalue weighted by Crippen LogP contribution is 2.28. The van der Waals surface area contributed by atoms with Gasteiger partial charge in [-0.2, -0.15) is 0 Å². The van der Waals surface area contributed by atoms with Crippen LogP contribution in [0.15, 0.2) is 41.8 Å². The maximum atomic E-state index is 13.0. The van der Waals surface area contributed by atoms with Crippen LogP contribution in [0, 0.1) is 13.8 Å². The van der Waals surface area contributed by atoms with Crippen molar-refractivity contribution in [3.8, 4) is 11.5 Å². The number of nitrogens with zero attached hydrogens (tertiary/aromatic N) is 2. The molecule has 5 nitrogen and oxygen atoms in total. The Balaban J connectivity index is 1.64. The van der Waals surface area contributed by atoms with Gasteiger partial charge in [0.15, 0.2) is 17.3 Å². The van der Waals surface area contributed by atoms with Gasteiger partial charge in [-0.25, -0.2) is 0 Å². The van der Waals surface area contributed by atoms with E-state index in [1.165, 1.54) is 4.88 Å². The summed E-state index contributed by atoms with van der Waals surface area (Å²) in [6, 6.07) is 12.1. The van der Waals surface area contributed by atoms with Crippen LogP contribution in [0.1, 0.15) is 32.2 Å². The SMILES string of the molecule is COc1ccc(CN(C)CC(=O)c2cc(C)n(CCc3cccs3)c2C)cc1OC. The molecular formula is C24H30N2O3S. The largest absolute Gasteiger partial charge is 0.493 e. The maximum Gasteiger partial charge on any atom is 0.178 e. The summed E-state index contributed by atoms with van der Waals surface area (Å²) in [5.74, 6) is 1.55. The first-order valence-electron chi connectivity index (χ1n) is 10.0. The van der Waals surface area contributed by atoms with Crippen molar-refractivity contribution in [2.75, 3.05) is 27.8 Å². The molecule has 0 aliphatic carbocycles. The zero-order valence-electron chi connectivity index (χ0n) is 18.4. The van der Waals surface area contributed by atoms with E-state index in [0.29, 0.717) is 24.6 Å². The molecule has 6 heteroatoms. The smallest absolute Gasteiger partial charge is 0.178 e. The third-order valence-electron chi connectivity index (χ3n) is 5.35. The van der Waals surface area contributed by atoms with Crippen molar-refractivity contribution in [1.29, 1.82) is 0 Å². The van der Waals surface area contributed by atoms with E-state index in [2.05, 4.69) is 29.0 Å². The number of likely N-dealkylation sites (N-methyl/N-ethyl adjacent to an activating group) is 1. The Hall–Kier alpha value is -2.57. The molecule has 0 N–H and O–H groups in total. The van der Waals surface area contributed by atoms with E-state index in [9.17, 15) is 4.79 Å². The topological polar surface area (TPSA) is 43.7 Å². The molecule has 3 rings (SSSR count). The van der Waals surface area contributed by atoms with Crippen LogP contribution in [-0.4, -0.2) is 43.1 Å². The first-order chi connectivity index (χ1) is 14.4. The van der Waals surface area contributed by atoms with E-state index >= 15 is 0 Å². The molecule has 0 saturated heterocycles. The molecule has 0 aliphatic heterocycles. The van der Waals surface area contributed by atoms with Crippen LogP contribution in [0.2, 0.25) is 0 Å². The summed E-state index contributed by atoms with van der Waals surface area (Å²) in [6.45, 7) is 6.04. The number of carbonyl (C=O) groups excluding carboxylic acids is 1. The van der Waals surface area contributed by atoms with Crippen LogP contribution in [0.5, 0.6) is 11.5 Å². The summed E-state index contributed by atoms with van der Waals surface area (Å²) in [6.07, 6.45) is 0.987. The molecule has 0 spiro atoms. The Bertz CT molecular complexity index is 992. The number of aromatic nitrogens is 1. The second kappa shape index (κ2) is 9.96. The third kappa shape index (κ3) is 5.12. The summed E-state index contributed by atoms with van der Waals surface area (Å²) >= 11 is 1.78. The lowest BCUT2D eigenvalue weighted by Crippen LogP contribution is -2.26. The first-order valence-corrected chi connectivity index (χ1v) is 10.9. The van der Waals surface area contributed by atoms with E-state index in [-0.39, 0.29) is 5.78 Å². The number of methoxy groups -OCH3 is 2. The number of hydrogen-bond acceptors (Lipinski definition) is 5. The normalized spacial score (nSPS) is 11.1. The lowest BCUT2D eigenvalue weighted by molar-refractivity contribution is 0.0942. The van der Waals surface area contributed by atoms with Crippen molar-refractivity contribution in [2.24, 2.45) is 0 Å². The van der Waals surface area contributed by atoms with Crippen molar-refractivity contribution in [3.63, 3.8) is 0 Å². The minimum atomic E-state index is 0.147. The molecule has 0 unspecified atom stereocenters. The van der Waals surface area contributed by atoms with Crippen LogP contribution in [0.3, 0.4) is 0 Å². The Labute approximate surface area is 182 Å². The van der Waals surface area contributed by atoms with E-state index in [1.54, 1.807) is 25.6 Å². The van der Waals surface area contributed by atoms with Gasteiger partial charge in [-0.15, -0.1) is 11.3 Å². The van der Waals surface area contributed by atoms with Crippen molar-refractivity contribution in [1.82, 2.24) is 9.47 Å². The van der Waals surface area contributed by atoms with Crippen LogP contribution in [-0.2, 0) is 19.5 Å². The first kappa shape index (κ1) is 22.1. The standard InChI is InChI=1S/C24H30N2O3S/c1-17-13-21(18(2)26(17)11-10-20-7-6-12-30-20)22(27)16-25(3)15-19-8-9-23(28-4)24(14-19)29-5/h6-9,12-14H,10-11,15-16H2,1-5H3. The van der Waals surface area contributed by atoms with Gasteiger partial charge in [-0.05, 0) is 62.5 Å². The van der Waals surface area contributed by atoms with Crippen LogP contribution in [0.4, 0.5) is 0 Å². The van der Waals surface area contributed by atoms with E-state index in [4.69, 9.17) is 9.47 Å².